The number of nitrogens with zero attached hydrogens (tertiary/aromatic N) is 2. The number of aromatic nitrogens is 2. The smallest absolute Gasteiger partial charge is 0.266 e. The highest BCUT2D eigenvalue weighted by molar-refractivity contribution is 7.20. The maximum Gasteiger partial charge on any atom is 0.266 e. The van der Waals surface area contributed by atoms with Crippen LogP contribution in [0.3, 0.4) is 0 Å². The molecule has 0 atom stereocenters. The number of thiophene rings is 1. The fraction of sp³-hybridized carbons (Fsp3) is 0.231. The van der Waals surface area contributed by atoms with Crippen LogP contribution in [0, 0.1) is 34.6 Å². The monoisotopic (exact) mass is 474 g/mol. The lowest BCUT2D eigenvalue weighted by Gasteiger charge is -2.10. The zero-order valence-electron chi connectivity index (χ0n) is 19.8. The Balaban J connectivity index is 1.59. The van der Waals surface area contributed by atoms with Crippen molar-refractivity contribution < 1.29 is 9.59 Å². The first-order valence-corrected chi connectivity index (χ1v) is 11.7. The molecule has 4 rings (SSSR count). The lowest BCUT2D eigenvalue weighted by atomic mass is 10.1. The van der Waals surface area contributed by atoms with Crippen molar-refractivity contribution in [2.75, 3.05) is 10.6 Å². The average Bonchev–Trinajstić information content (AvgIpc) is 3.11. The van der Waals surface area contributed by atoms with Crippen LogP contribution in [0.2, 0.25) is 0 Å². The Morgan fingerprint density at radius 2 is 1.50 bits per heavy atom. The molecular formula is C26H26N4O3S. The van der Waals surface area contributed by atoms with Crippen LogP contribution in [0.4, 0.5) is 11.4 Å². The summed E-state index contributed by atoms with van der Waals surface area (Å²) in [6, 6.07) is 11.5. The van der Waals surface area contributed by atoms with Crippen LogP contribution < -0.4 is 16.2 Å². The predicted molar refractivity (Wildman–Crippen MR) is 137 cm³/mol. The van der Waals surface area contributed by atoms with Gasteiger partial charge >= 0.3 is 0 Å². The summed E-state index contributed by atoms with van der Waals surface area (Å²) >= 11 is 1.17. The largest absolute Gasteiger partial charge is 0.324 e. The fourth-order valence-electron chi connectivity index (χ4n) is 3.92. The molecule has 8 heteroatoms. The van der Waals surface area contributed by atoms with Crippen molar-refractivity contribution >= 4 is 44.7 Å². The van der Waals surface area contributed by atoms with E-state index in [1.54, 1.807) is 6.92 Å². The number of hydrogen-bond acceptors (Lipinski definition) is 5. The summed E-state index contributed by atoms with van der Waals surface area (Å²) in [5.74, 6) is -0.609. The molecule has 2 aromatic heterocycles. The molecule has 2 N–H and O–H groups in total. The molecule has 0 aliphatic heterocycles. The van der Waals surface area contributed by atoms with Crippen molar-refractivity contribution in [3.63, 3.8) is 0 Å². The van der Waals surface area contributed by atoms with Crippen LogP contribution >= 0.6 is 11.3 Å². The van der Waals surface area contributed by atoms with E-state index in [-0.39, 0.29) is 23.9 Å². The van der Waals surface area contributed by atoms with Gasteiger partial charge in [0.25, 0.3) is 11.5 Å². The molecule has 174 valence electrons. The number of anilines is 2. The zero-order chi connectivity index (χ0) is 24.6. The zero-order valence-corrected chi connectivity index (χ0v) is 20.6. The molecule has 0 unspecified atom stereocenters. The molecule has 0 radical (unpaired) electrons. The number of benzene rings is 2. The molecule has 0 aliphatic carbocycles. The molecule has 4 aromatic rings. The van der Waals surface area contributed by atoms with E-state index >= 15 is 0 Å². The second-order valence-corrected chi connectivity index (χ2v) is 9.55. The summed E-state index contributed by atoms with van der Waals surface area (Å²) in [5.41, 5.74) is 5.76. The van der Waals surface area contributed by atoms with Gasteiger partial charge in [-0.25, -0.2) is 4.98 Å². The number of carbonyl (C=O) groups is 2. The van der Waals surface area contributed by atoms with Gasteiger partial charge in [-0.2, -0.15) is 0 Å². The summed E-state index contributed by atoms with van der Waals surface area (Å²) in [6.07, 6.45) is 1.36. The van der Waals surface area contributed by atoms with Gasteiger partial charge in [-0.3, -0.25) is 19.0 Å². The van der Waals surface area contributed by atoms with Gasteiger partial charge in [0.2, 0.25) is 5.91 Å². The second-order valence-electron chi connectivity index (χ2n) is 8.55. The molecule has 2 amide bonds. The minimum absolute atomic E-state index is 0.172. The Labute approximate surface area is 201 Å². The maximum absolute atomic E-state index is 13.2. The van der Waals surface area contributed by atoms with Crippen molar-refractivity contribution in [2.45, 2.75) is 41.2 Å². The molecule has 0 spiro atoms. The van der Waals surface area contributed by atoms with Crippen LogP contribution in [0.1, 0.15) is 37.5 Å². The van der Waals surface area contributed by atoms with Gasteiger partial charge in [0, 0.05) is 11.4 Å². The van der Waals surface area contributed by atoms with E-state index in [2.05, 4.69) is 15.6 Å². The van der Waals surface area contributed by atoms with Crippen molar-refractivity contribution in [3.05, 3.63) is 85.8 Å². The number of hydrogen-bond donors (Lipinski definition) is 2. The number of nitrogens with one attached hydrogen (secondary N) is 2. The minimum atomic E-state index is -0.347. The summed E-state index contributed by atoms with van der Waals surface area (Å²) in [4.78, 5) is 44.0. The van der Waals surface area contributed by atoms with Gasteiger partial charge in [-0.1, -0.05) is 35.4 Å². The van der Waals surface area contributed by atoms with Gasteiger partial charge in [-0.15, -0.1) is 11.3 Å². The Bertz CT molecular complexity index is 1500. The SMILES string of the molecule is Cc1ccc(NC(=O)Cn2cnc3sc(C(=O)Nc4ccc(C)cc4C)c(C)c3c2=O)c(C)c1. The summed E-state index contributed by atoms with van der Waals surface area (Å²) < 4.78 is 1.27. The van der Waals surface area contributed by atoms with Crippen LogP contribution in [-0.2, 0) is 11.3 Å². The van der Waals surface area contributed by atoms with Crippen LogP contribution in [0.15, 0.2) is 47.5 Å². The average molecular weight is 475 g/mol. The predicted octanol–water partition coefficient (Wildman–Crippen LogP) is 4.89. The number of aryl methyl sites for hydroxylation is 5. The van der Waals surface area contributed by atoms with E-state index in [9.17, 15) is 14.4 Å². The fourth-order valence-corrected chi connectivity index (χ4v) is 4.95. The second kappa shape index (κ2) is 9.23. The number of carbonyl (C=O) groups excluding carboxylic acids is 2. The van der Waals surface area contributed by atoms with Gasteiger partial charge in [0.1, 0.15) is 11.4 Å². The molecule has 0 bridgehead atoms. The summed E-state index contributed by atoms with van der Waals surface area (Å²) in [7, 11) is 0. The van der Waals surface area contributed by atoms with E-state index in [0.717, 1.165) is 27.9 Å². The minimum Gasteiger partial charge on any atom is -0.324 e. The number of rotatable bonds is 5. The molecule has 0 aliphatic rings. The van der Waals surface area contributed by atoms with E-state index in [0.29, 0.717) is 26.3 Å². The Hall–Kier alpha value is -3.78. The highest BCUT2D eigenvalue weighted by Crippen LogP contribution is 2.28. The molecule has 0 saturated heterocycles. The van der Waals surface area contributed by atoms with E-state index in [1.165, 1.54) is 22.2 Å². The number of amides is 2. The van der Waals surface area contributed by atoms with Gasteiger partial charge in [0.15, 0.2) is 0 Å². The first kappa shape index (κ1) is 23.4. The van der Waals surface area contributed by atoms with E-state index in [4.69, 9.17) is 0 Å². The Kier molecular flexibility index (Phi) is 6.34. The maximum atomic E-state index is 13.2. The normalized spacial score (nSPS) is 11.0. The molecule has 0 fully saturated rings. The lowest BCUT2D eigenvalue weighted by molar-refractivity contribution is -0.116. The molecular weight excluding hydrogens is 448 g/mol. The van der Waals surface area contributed by atoms with Gasteiger partial charge < -0.3 is 10.6 Å². The van der Waals surface area contributed by atoms with Crippen LogP contribution in [0.5, 0.6) is 0 Å². The molecule has 2 heterocycles. The van der Waals surface area contributed by atoms with Crippen LogP contribution in [0.25, 0.3) is 10.2 Å². The molecule has 0 saturated carbocycles. The highest BCUT2D eigenvalue weighted by Gasteiger charge is 2.20. The molecule has 34 heavy (non-hydrogen) atoms. The van der Waals surface area contributed by atoms with Gasteiger partial charge in [-0.05, 0) is 63.4 Å². The van der Waals surface area contributed by atoms with Crippen molar-refractivity contribution in [2.24, 2.45) is 0 Å². The van der Waals surface area contributed by atoms with Crippen LogP contribution in [-0.4, -0.2) is 21.4 Å². The quantitative estimate of drug-likeness (QED) is 0.431. The summed E-state index contributed by atoms with van der Waals surface area (Å²) in [6.45, 7) is 9.39. The lowest BCUT2D eigenvalue weighted by Crippen LogP contribution is -2.28. The first-order chi connectivity index (χ1) is 16.1. The van der Waals surface area contributed by atoms with Crippen molar-refractivity contribution in [1.29, 1.82) is 0 Å². The first-order valence-electron chi connectivity index (χ1n) is 10.9. The third-order valence-corrected chi connectivity index (χ3v) is 6.92. The third kappa shape index (κ3) is 4.63. The molecule has 2 aromatic carbocycles. The highest BCUT2D eigenvalue weighted by atomic mass is 32.1. The topological polar surface area (TPSA) is 93.1 Å². The van der Waals surface area contributed by atoms with Crippen molar-refractivity contribution in [1.82, 2.24) is 9.55 Å². The van der Waals surface area contributed by atoms with Gasteiger partial charge in [0.05, 0.1) is 16.6 Å². The van der Waals surface area contributed by atoms with E-state index < -0.39 is 0 Å². The summed E-state index contributed by atoms with van der Waals surface area (Å²) in [5, 5.41) is 6.14. The molecule has 7 nitrogen and oxygen atoms in total. The third-order valence-electron chi connectivity index (χ3n) is 5.72. The van der Waals surface area contributed by atoms with Crippen molar-refractivity contribution in [3.8, 4) is 0 Å². The van der Waals surface area contributed by atoms with E-state index in [1.807, 2.05) is 64.1 Å². The Morgan fingerprint density at radius 3 is 2.09 bits per heavy atom. The standard InChI is InChI=1S/C26H26N4O3S/c1-14-6-8-19(16(3)10-14)28-21(31)12-30-13-27-25-22(26(30)33)18(5)23(34-25)24(32)29-20-9-7-15(2)11-17(20)4/h6-11,13H,12H2,1-5H3,(H,28,31)(H,29,32). The Morgan fingerprint density at radius 1 is 0.912 bits per heavy atom. The number of fused-ring (bicyclic) bond motifs is 1.